The summed E-state index contributed by atoms with van der Waals surface area (Å²) in [5.41, 5.74) is 1.38. The van der Waals surface area contributed by atoms with Gasteiger partial charge in [-0.2, -0.15) is 13.2 Å². The first-order valence-electron chi connectivity index (χ1n) is 11.7. The van der Waals surface area contributed by atoms with Crippen molar-refractivity contribution in [3.63, 3.8) is 0 Å². The van der Waals surface area contributed by atoms with Gasteiger partial charge in [0.25, 0.3) is 5.91 Å². The summed E-state index contributed by atoms with van der Waals surface area (Å²) in [6.07, 6.45) is -2.06. The fourth-order valence-electron chi connectivity index (χ4n) is 4.25. The van der Waals surface area contributed by atoms with Crippen molar-refractivity contribution in [2.75, 3.05) is 10.7 Å². The van der Waals surface area contributed by atoms with E-state index in [4.69, 9.17) is 0 Å². The summed E-state index contributed by atoms with van der Waals surface area (Å²) >= 11 is 0. The zero-order chi connectivity index (χ0) is 27.0. The second-order valence-corrected chi connectivity index (χ2v) is 11.3. The van der Waals surface area contributed by atoms with Crippen molar-refractivity contribution in [1.82, 2.24) is 20.3 Å². The molecule has 1 amide bonds. The van der Waals surface area contributed by atoms with Crippen LogP contribution >= 0.6 is 0 Å². The number of carbonyl (C=O) groups excluding carboxylic acids is 1. The molecule has 1 N–H and O–H groups in total. The van der Waals surface area contributed by atoms with Crippen molar-refractivity contribution >= 4 is 21.7 Å². The third kappa shape index (κ3) is 5.58. The van der Waals surface area contributed by atoms with Crippen LogP contribution in [0.4, 0.5) is 19.1 Å². The zero-order valence-electron chi connectivity index (χ0n) is 20.5. The van der Waals surface area contributed by atoms with Crippen LogP contribution in [0.25, 0.3) is 0 Å². The van der Waals surface area contributed by atoms with Gasteiger partial charge >= 0.3 is 6.18 Å². The highest BCUT2D eigenvalue weighted by molar-refractivity contribution is 7.91. The Morgan fingerprint density at radius 1 is 1.16 bits per heavy atom. The van der Waals surface area contributed by atoms with Crippen LogP contribution in [0, 0.1) is 5.92 Å². The van der Waals surface area contributed by atoms with Crippen molar-refractivity contribution in [3.05, 3.63) is 76.9 Å². The second kappa shape index (κ2) is 10.1. The normalized spacial score (nSPS) is 15.6. The molecule has 37 heavy (non-hydrogen) atoms. The predicted octanol–water partition coefficient (Wildman–Crippen LogP) is 4.33. The molecule has 0 aliphatic carbocycles. The lowest BCUT2D eigenvalue weighted by molar-refractivity contribution is -0.141. The Morgan fingerprint density at radius 3 is 2.49 bits per heavy atom. The minimum absolute atomic E-state index is 0.00337. The number of benzene rings is 1. The first kappa shape index (κ1) is 26.5. The van der Waals surface area contributed by atoms with E-state index in [1.54, 1.807) is 30.0 Å². The molecule has 0 unspecified atom stereocenters. The molecular weight excluding hydrogens is 507 g/mol. The number of amides is 1. The Labute approximate surface area is 212 Å². The maximum atomic E-state index is 13.2. The lowest BCUT2D eigenvalue weighted by Gasteiger charge is -2.27. The SMILES string of the molecule is CCS(=O)(=O)c1ccc(CNC(=O)c2cnc3c(c2)CN(c2nccc(C(F)(F)F)n2)[C@H]3C(C)C)cc1. The first-order chi connectivity index (χ1) is 17.4. The molecule has 8 nitrogen and oxygen atoms in total. The summed E-state index contributed by atoms with van der Waals surface area (Å²) < 4.78 is 63.5. The van der Waals surface area contributed by atoms with E-state index in [0.717, 1.165) is 17.8 Å². The highest BCUT2D eigenvalue weighted by Gasteiger charge is 2.38. The van der Waals surface area contributed by atoms with E-state index in [-0.39, 0.29) is 47.6 Å². The highest BCUT2D eigenvalue weighted by atomic mass is 32.2. The number of carbonyl (C=O) groups is 1. The number of rotatable bonds is 7. The Balaban J connectivity index is 1.51. The summed E-state index contributed by atoms with van der Waals surface area (Å²) in [4.78, 5) is 27.0. The van der Waals surface area contributed by atoms with Crippen LogP contribution in [0.5, 0.6) is 0 Å². The van der Waals surface area contributed by atoms with E-state index in [9.17, 15) is 26.4 Å². The lowest BCUT2D eigenvalue weighted by Crippen LogP contribution is -2.28. The average molecular weight is 534 g/mol. The number of alkyl halides is 3. The van der Waals surface area contributed by atoms with E-state index in [1.165, 1.54) is 18.3 Å². The summed E-state index contributed by atoms with van der Waals surface area (Å²) in [5, 5.41) is 2.79. The van der Waals surface area contributed by atoms with E-state index in [0.29, 0.717) is 16.8 Å². The standard InChI is InChI=1S/C25H26F3N5O3S/c1-4-37(35,36)19-7-5-16(6-8-19)12-31-23(34)17-11-18-14-33(22(15(2)3)21(18)30-13-17)24-29-10-9-20(32-24)25(26,27)28/h5-11,13,15,22H,4,12,14H2,1-3H3,(H,31,34)/t22-/m0/s1. The third-order valence-corrected chi connectivity index (χ3v) is 7.91. The molecule has 0 saturated heterocycles. The number of hydrogen-bond acceptors (Lipinski definition) is 7. The van der Waals surface area contributed by atoms with Crippen LogP contribution in [-0.4, -0.2) is 35.0 Å². The van der Waals surface area contributed by atoms with Gasteiger partial charge in [-0.1, -0.05) is 32.9 Å². The molecule has 2 aromatic heterocycles. The number of nitrogens with one attached hydrogen (secondary N) is 1. The molecule has 1 aliphatic rings. The van der Waals surface area contributed by atoms with Gasteiger partial charge in [-0.25, -0.2) is 18.4 Å². The number of aromatic nitrogens is 3. The molecule has 0 saturated carbocycles. The molecule has 1 aliphatic heterocycles. The average Bonchev–Trinajstić information content (AvgIpc) is 3.26. The molecule has 12 heteroatoms. The summed E-state index contributed by atoms with van der Waals surface area (Å²) in [6, 6.07) is 8.45. The number of sulfone groups is 1. The van der Waals surface area contributed by atoms with Crippen LogP contribution in [0.3, 0.4) is 0 Å². The molecular formula is C25H26F3N5O3S. The molecule has 1 atom stereocenters. The van der Waals surface area contributed by atoms with Crippen LogP contribution in [0.1, 0.15) is 59.7 Å². The van der Waals surface area contributed by atoms with Crippen LogP contribution in [-0.2, 0) is 29.1 Å². The first-order valence-corrected chi connectivity index (χ1v) is 13.3. The molecule has 0 fully saturated rings. The van der Waals surface area contributed by atoms with Crippen LogP contribution < -0.4 is 10.2 Å². The molecule has 0 radical (unpaired) electrons. The summed E-state index contributed by atoms with van der Waals surface area (Å²) in [5.74, 6) is -0.434. The molecule has 0 bridgehead atoms. The van der Waals surface area contributed by atoms with Gasteiger partial charge in [-0.05, 0) is 41.3 Å². The van der Waals surface area contributed by atoms with Crippen molar-refractivity contribution in [2.45, 2.75) is 51.0 Å². The van der Waals surface area contributed by atoms with Crippen molar-refractivity contribution in [1.29, 1.82) is 0 Å². The number of anilines is 1. The van der Waals surface area contributed by atoms with E-state index < -0.39 is 21.7 Å². The molecule has 0 spiro atoms. The van der Waals surface area contributed by atoms with Crippen molar-refractivity contribution < 1.29 is 26.4 Å². The Kier molecular flexibility index (Phi) is 7.22. The third-order valence-electron chi connectivity index (χ3n) is 6.16. The maximum absolute atomic E-state index is 13.2. The van der Waals surface area contributed by atoms with Gasteiger partial charge in [0.1, 0.15) is 5.69 Å². The quantitative estimate of drug-likeness (QED) is 0.482. The van der Waals surface area contributed by atoms with E-state index >= 15 is 0 Å². The molecule has 1 aromatic carbocycles. The fraction of sp³-hybridized carbons (Fsp3) is 0.360. The number of nitrogens with zero attached hydrogens (tertiary/aromatic N) is 4. The predicted molar refractivity (Wildman–Crippen MR) is 130 cm³/mol. The number of fused-ring (bicyclic) bond motifs is 1. The van der Waals surface area contributed by atoms with Crippen molar-refractivity contribution in [2.24, 2.45) is 5.92 Å². The zero-order valence-corrected chi connectivity index (χ0v) is 21.3. The van der Waals surface area contributed by atoms with Gasteiger partial charge in [0.2, 0.25) is 5.95 Å². The molecule has 4 rings (SSSR count). The minimum atomic E-state index is -4.59. The van der Waals surface area contributed by atoms with Gasteiger partial charge in [-0.15, -0.1) is 0 Å². The van der Waals surface area contributed by atoms with E-state index in [1.807, 2.05) is 13.8 Å². The van der Waals surface area contributed by atoms with Gasteiger partial charge in [0, 0.05) is 25.5 Å². The largest absolute Gasteiger partial charge is 0.433 e. The maximum Gasteiger partial charge on any atom is 0.433 e. The highest BCUT2D eigenvalue weighted by Crippen LogP contribution is 2.40. The Bertz CT molecular complexity index is 1410. The smallest absolute Gasteiger partial charge is 0.348 e. The minimum Gasteiger partial charge on any atom is -0.348 e. The molecule has 3 aromatic rings. The lowest BCUT2D eigenvalue weighted by atomic mass is 9.99. The summed E-state index contributed by atoms with van der Waals surface area (Å²) in [6.45, 7) is 5.82. The van der Waals surface area contributed by atoms with Gasteiger partial charge in [0.05, 0.1) is 27.9 Å². The molecule has 196 valence electrons. The van der Waals surface area contributed by atoms with Crippen molar-refractivity contribution in [3.8, 4) is 0 Å². The van der Waals surface area contributed by atoms with Gasteiger partial charge in [-0.3, -0.25) is 9.78 Å². The van der Waals surface area contributed by atoms with Crippen LogP contribution in [0.2, 0.25) is 0 Å². The fourth-order valence-corrected chi connectivity index (χ4v) is 5.13. The van der Waals surface area contributed by atoms with E-state index in [2.05, 4.69) is 20.3 Å². The van der Waals surface area contributed by atoms with Gasteiger partial charge in [0.15, 0.2) is 9.84 Å². The Morgan fingerprint density at radius 2 is 1.86 bits per heavy atom. The Hall–Kier alpha value is -3.54. The van der Waals surface area contributed by atoms with Gasteiger partial charge < -0.3 is 10.2 Å². The number of halogens is 3. The van der Waals surface area contributed by atoms with Crippen LogP contribution in [0.15, 0.2) is 53.7 Å². The number of pyridine rings is 1. The monoisotopic (exact) mass is 533 g/mol. The number of hydrogen-bond donors (Lipinski definition) is 1. The second-order valence-electron chi connectivity index (χ2n) is 9.05. The topological polar surface area (TPSA) is 105 Å². The summed E-state index contributed by atoms with van der Waals surface area (Å²) in [7, 11) is -3.30. The molecule has 3 heterocycles.